The van der Waals surface area contributed by atoms with Crippen LogP contribution in [0.5, 0.6) is 11.5 Å². The van der Waals surface area contributed by atoms with Crippen LogP contribution < -0.4 is 10.1 Å². The summed E-state index contributed by atoms with van der Waals surface area (Å²) in [6.07, 6.45) is 2.58. The van der Waals surface area contributed by atoms with E-state index in [1.165, 1.54) is 0 Å². The van der Waals surface area contributed by atoms with Gasteiger partial charge in [-0.15, -0.1) is 0 Å². The van der Waals surface area contributed by atoms with Crippen molar-refractivity contribution in [2.75, 3.05) is 13.7 Å². The molecule has 1 aliphatic rings. The highest BCUT2D eigenvalue weighted by atomic mass is 79.9. The van der Waals surface area contributed by atoms with Gasteiger partial charge in [-0.05, 0) is 53.4 Å². The Bertz CT molecular complexity index is 433. The van der Waals surface area contributed by atoms with Crippen molar-refractivity contribution in [2.24, 2.45) is 0 Å². The Kier molecular flexibility index (Phi) is 5.07. The molecule has 1 saturated heterocycles. The molecule has 1 heterocycles. The summed E-state index contributed by atoms with van der Waals surface area (Å²) in [4.78, 5) is 0. The summed E-state index contributed by atoms with van der Waals surface area (Å²) in [5, 5.41) is 13.2. The minimum Gasteiger partial charge on any atom is -0.503 e. The number of nitrogens with one attached hydrogen (secondary N) is 1. The van der Waals surface area contributed by atoms with E-state index in [2.05, 4.69) is 28.2 Å². The van der Waals surface area contributed by atoms with Gasteiger partial charge >= 0.3 is 0 Å². The molecule has 2 unspecified atom stereocenters. The van der Waals surface area contributed by atoms with Crippen molar-refractivity contribution in [3.8, 4) is 11.5 Å². The number of rotatable bonds is 5. The standard InChI is InChI=1S/C14H20BrNO3/c1-9(12-4-3-5-19-12)16-8-10-6-11(15)14(17)13(7-10)18-2/h6-7,9,12,16-17H,3-5,8H2,1-2H3. The highest BCUT2D eigenvalue weighted by molar-refractivity contribution is 9.10. The highest BCUT2D eigenvalue weighted by Gasteiger charge is 2.21. The van der Waals surface area contributed by atoms with Crippen LogP contribution in [0.2, 0.25) is 0 Å². The van der Waals surface area contributed by atoms with Crippen molar-refractivity contribution in [3.05, 3.63) is 22.2 Å². The summed E-state index contributed by atoms with van der Waals surface area (Å²) in [7, 11) is 1.55. The average Bonchev–Trinajstić information content (AvgIpc) is 2.93. The van der Waals surface area contributed by atoms with Crippen LogP contribution in [0.15, 0.2) is 16.6 Å². The molecule has 0 saturated carbocycles. The van der Waals surface area contributed by atoms with Crippen molar-refractivity contribution < 1.29 is 14.6 Å². The van der Waals surface area contributed by atoms with Gasteiger partial charge in [-0.1, -0.05) is 0 Å². The Labute approximate surface area is 122 Å². The van der Waals surface area contributed by atoms with Crippen LogP contribution in [-0.4, -0.2) is 31.0 Å². The van der Waals surface area contributed by atoms with Crippen molar-refractivity contribution >= 4 is 15.9 Å². The number of hydrogen-bond acceptors (Lipinski definition) is 4. The second-order valence-corrected chi connectivity index (χ2v) is 5.70. The molecule has 2 rings (SSSR count). The number of aromatic hydroxyl groups is 1. The van der Waals surface area contributed by atoms with E-state index in [-0.39, 0.29) is 5.75 Å². The molecule has 19 heavy (non-hydrogen) atoms. The van der Waals surface area contributed by atoms with Crippen molar-refractivity contribution in [3.63, 3.8) is 0 Å². The molecule has 0 amide bonds. The zero-order chi connectivity index (χ0) is 13.8. The molecule has 106 valence electrons. The molecule has 1 aromatic carbocycles. The summed E-state index contributed by atoms with van der Waals surface area (Å²) < 4.78 is 11.4. The summed E-state index contributed by atoms with van der Waals surface area (Å²) in [5.74, 6) is 0.620. The Hall–Kier alpha value is -0.780. The molecule has 0 bridgehead atoms. The van der Waals surface area contributed by atoms with Crippen LogP contribution in [0.4, 0.5) is 0 Å². The highest BCUT2D eigenvalue weighted by Crippen LogP contribution is 2.35. The maximum absolute atomic E-state index is 9.76. The van der Waals surface area contributed by atoms with Gasteiger partial charge in [0.2, 0.25) is 0 Å². The molecule has 1 aromatic rings. The van der Waals surface area contributed by atoms with Crippen LogP contribution in [0.25, 0.3) is 0 Å². The second-order valence-electron chi connectivity index (χ2n) is 4.85. The van der Waals surface area contributed by atoms with Crippen LogP contribution in [0.3, 0.4) is 0 Å². The Morgan fingerprint density at radius 2 is 2.37 bits per heavy atom. The van der Waals surface area contributed by atoms with E-state index in [9.17, 15) is 5.11 Å². The first-order chi connectivity index (χ1) is 9.11. The third-order valence-corrected chi connectivity index (χ3v) is 4.06. The number of phenolic OH excluding ortho intramolecular Hbond substituents is 1. The first kappa shape index (κ1) is 14.6. The fraction of sp³-hybridized carbons (Fsp3) is 0.571. The van der Waals surface area contributed by atoms with E-state index >= 15 is 0 Å². The minimum absolute atomic E-state index is 0.137. The molecule has 0 aromatic heterocycles. The molecule has 0 radical (unpaired) electrons. The number of halogens is 1. The topological polar surface area (TPSA) is 50.7 Å². The Balaban J connectivity index is 1.97. The lowest BCUT2D eigenvalue weighted by Gasteiger charge is -2.20. The van der Waals surface area contributed by atoms with Crippen LogP contribution in [0, 0.1) is 0 Å². The molecule has 4 nitrogen and oxygen atoms in total. The van der Waals surface area contributed by atoms with Crippen molar-refractivity contribution in [1.29, 1.82) is 0 Å². The number of benzene rings is 1. The quantitative estimate of drug-likeness (QED) is 0.872. The van der Waals surface area contributed by atoms with Gasteiger partial charge in [0, 0.05) is 19.2 Å². The lowest BCUT2D eigenvalue weighted by molar-refractivity contribution is 0.0832. The fourth-order valence-corrected chi connectivity index (χ4v) is 2.78. The SMILES string of the molecule is COc1cc(CNC(C)C2CCCO2)cc(Br)c1O. The van der Waals surface area contributed by atoms with Gasteiger partial charge in [0.15, 0.2) is 11.5 Å². The normalized spacial score (nSPS) is 20.5. The second kappa shape index (κ2) is 6.59. The summed E-state index contributed by atoms with van der Waals surface area (Å²) in [5.41, 5.74) is 1.06. The predicted octanol–water partition coefficient (Wildman–Crippen LogP) is 2.82. The zero-order valence-electron chi connectivity index (χ0n) is 11.3. The molecule has 0 aliphatic carbocycles. The van der Waals surface area contributed by atoms with Crippen LogP contribution >= 0.6 is 15.9 Å². The molecule has 0 spiro atoms. The molecule has 5 heteroatoms. The van der Waals surface area contributed by atoms with E-state index in [0.29, 0.717) is 22.4 Å². The van der Waals surface area contributed by atoms with Gasteiger partial charge < -0.3 is 19.9 Å². The molecular weight excluding hydrogens is 310 g/mol. The number of methoxy groups -OCH3 is 1. The monoisotopic (exact) mass is 329 g/mol. The van der Waals surface area contributed by atoms with Gasteiger partial charge in [-0.2, -0.15) is 0 Å². The smallest absolute Gasteiger partial charge is 0.172 e. The van der Waals surface area contributed by atoms with E-state index in [1.807, 2.05) is 12.1 Å². The van der Waals surface area contributed by atoms with E-state index < -0.39 is 0 Å². The first-order valence-electron chi connectivity index (χ1n) is 6.52. The van der Waals surface area contributed by atoms with Gasteiger partial charge in [-0.3, -0.25) is 0 Å². The predicted molar refractivity (Wildman–Crippen MR) is 77.6 cm³/mol. The summed E-state index contributed by atoms with van der Waals surface area (Å²) in [6.45, 7) is 3.73. The Morgan fingerprint density at radius 1 is 1.58 bits per heavy atom. The molecule has 1 aliphatic heterocycles. The van der Waals surface area contributed by atoms with Gasteiger partial charge in [-0.25, -0.2) is 0 Å². The van der Waals surface area contributed by atoms with E-state index in [1.54, 1.807) is 7.11 Å². The van der Waals surface area contributed by atoms with Gasteiger partial charge in [0.05, 0.1) is 17.7 Å². The molecule has 2 atom stereocenters. The van der Waals surface area contributed by atoms with Crippen molar-refractivity contribution in [1.82, 2.24) is 5.32 Å². The number of phenols is 1. The molecular formula is C14H20BrNO3. The largest absolute Gasteiger partial charge is 0.503 e. The van der Waals surface area contributed by atoms with Gasteiger partial charge in [0.25, 0.3) is 0 Å². The van der Waals surface area contributed by atoms with Crippen molar-refractivity contribution in [2.45, 2.75) is 38.5 Å². The van der Waals surface area contributed by atoms with Crippen LogP contribution in [-0.2, 0) is 11.3 Å². The third-order valence-electron chi connectivity index (χ3n) is 3.46. The maximum Gasteiger partial charge on any atom is 0.172 e. The van der Waals surface area contributed by atoms with Gasteiger partial charge in [0.1, 0.15) is 0 Å². The first-order valence-corrected chi connectivity index (χ1v) is 7.31. The average molecular weight is 330 g/mol. The molecule has 2 N–H and O–H groups in total. The maximum atomic E-state index is 9.76. The lowest BCUT2D eigenvalue weighted by Crippen LogP contribution is -2.36. The summed E-state index contributed by atoms with van der Waals surface area (Å²) in [6, 6.07) is 4.06. The minimum atomic E-state index is 0.137. The lowest BCUT2D eigenvalue weighted by atomic mass is 10.1. The van der Waals surface area contributed by atoms with Crippen LogP contribution in [0.1, 0.15) is 25.3 Å². The summed E-state index contributed by atoms with van der Waals surface area (Å²) >= 11 is 3.33. The third kappa shape index (κ3) is 3.61. The van der Waals surface area contributed by atoms with E-state index in [0.717, 1.165) is 31.6 Å². The number of hydrogen-bond donors (Lipinski definition) is 2. The fourth-order valence-electron chi connectivity index (χ4n) is 2.29. The zero-order valence-corrected chi connectivity index (χ0v) is 12.9. The van der Waals surface area contributed by atoms with E-state index in [4.69, 9.17) is 9.47 Å². The number of ether oxygens (including phenoxy) is 2. The molecule has 1 fully saturated rings. The Morgan fingerprint density at radius 3 is 3.00 bits per heavy atom.